The Hall–Kier alpha value is -0.770. The maximum atomic E-state index is 12.6. The van der Waals surface area contributed by atoms with Crippen molar-refractivity contribution in [1.82, 2.24) is 10.2 Å². The molecule has 130 valence electrons. The molecule has 23 heavy (non-hydrogen) atoms. The first-order chi connectivity index (χ1) is 10.6. The van der Waals surface area contributed by atoms with Crippen LogP contribution in [0.1, 0.15) is 38.7 Å². The van der Waals surface area contributed by atoms with Crippen molar-refractivity contribution in [3.63, 3.8) is 0 Å². The van der Waals surface area contributed by atoms with E-state index in [4.69, 9.17) is 11.6 Å². The maximum Gasteiger partial charge on any atom is 0.223 e. The van der Waals surface area contributed by atoms with Crippen molar-refractivity contribution in [2.75, 3.05) is 19.6 Å². The lowest BCUT2D eigenvalue weighted by molar-refractivity contribution is -0.133. The normalized spacial score (nSPS) is 16.5. The molecule has 1 aromatic carbocycles. The molecular weight excluding hydrogens is 331 g/mol. The molecule has 0 aliphatic carbocycles. The van der Waals surface area contributed by atoms with E-state index in [9.17, 15) is 4.79 Å². The van der Waals surface area contributed by atoms with Crippen LogP contribution in [0.3, 0.4) is 0 Å². The van der Waals surface area contributed by atoms with E-state index in [1.165, 1.54) is 12.8 Å². The summed E-state index contributed by atoms with van der Waals surface area (Å²) in [6.45, 7) is 7.75. The molecule has 1 aliphatic rings. The Morgan fingerprint density at radius 1 is 1.35 bits per heavy atom. The van der Waals surface area contributed by atoms with E-state index >= 15 is 0 Å². The minimum Gasteiger partial charge on any atom is -0.339 e. The van der Waals surface area contributed by atoms with Crippen LogP contribution in [0.4, 0.5) is 0 Å². The third kappa shape index (κ3) is 5.98. The van der Waals surface area contributed by atoms with Gasteiger partial charge in [0.15, 0.2) is 0 Å². The van der Waals surface area contributed by atoms with Crippen molar-refractivity contribution < 1.29 is 4.79 Å². The molecule has 1 amide bonds. The van der Waals surface area contributed by atoms with Crippen molar-refractivity contribution >= 4 is 29.9 Å². The Kier molecular flexibility index (Phi) is 8.96. The first kappa shape index (κ1) is 20.3. The van der Waals surface area contributed by atoms with Gasteiger partial charge in [-0.1, -0.05) is 36.7 Å². The van der Waals surface area contributed by atoms with Gasteiger partial charge in [-0.3, -0.25) is 4.79 Å². The SMILES string of the molecule is CCN(Cc1ccccc1Cl)C(=O)CC(C)C1CCNCC1.Cl. The molecule has 0 radical (unpaired) electrons. The molecule has 1 N–H and O–H groups in total. The van der Waals surface area contributed by atoms with Crippen LogP contribution in [0.15, 0.2) is 24.3 Å². The van der Waals surface area contributed by atoms with Crippen molar-refractivity contribution in [3.05, 3.63) is 34.9 Å². The fourth-order valence-corrected chi connectivity index (χ4v) is 3.39. The number of nitrogens with zero attached hydrogens (tertiary/aromatic N) is 1. The number of rotatable bonds is 6. The maximum absolute atomic E-state index is 12.6. The Morgan fingerprint density at radius 3 is 2.61 bits per heavy atom. The largest absolute Gasteiger partial charge is 0.339 e. The Bertz CT molecular complexity index is 490. The first-order valence-corrected chi connectivity index (χ1v) is 8.71. The van der Waals surface area contributed by atoms with E-state index in [0.717, 1.165) is 30.2 Å². The summed E-state index contributed by atoms with van der Waals surface area (Å²) in [6.07, 6.45) is 3.01. The molecule has 1 unspecified atom stereocenters. The van der Waals surface area contributed by atoms with E-state index in [0.29, 0.717) is 24.8 Å². The van der Waals surface area contributed by atoms with Crippen LogP contribution < -0.4 is 5.32 Å². The zero-order chi connectivity index (χ0) is 15.9. The lowest BCUT2D eigenvalue weighted by atomic mass is 9.84. The number of halogens is 2. The van der Waals surface area contributed by atoms with Gasteiger partial charge in [-0.2, -0.15) is 0 Å². The number of benzene rings is 1. The molecule has 0 saturated carbocycles. The molecule has 1 aliphatic heterocycles. The van der Waals surface area contributed by atoms with Crippen molar-refractivity contribution in [2.45, 2.75) is 39.7 Å². The van der Waals surface area contributed by atoms with Crippen molar-refractivity contribution in [3.8, 4) is 0 Å². The van der Waals surface area contributed by atoms with E-state index in [1.807, 2.05) is 36.1 Å². The summed E-state index contributed by atoms with van der Waals surface area (Å²) in [7, 11) is 0. The highest BCUT2D eigenvalue weighted by Gasteiger charge is 2.24. The van der Waals surface area contributed by atoms with Crippen LogP contribution >= 0.6 is 24.0 Å². The van der Waals surface area contributed by atoms with E-state index in [1.54, 1.807) is 0 Å². The average molecular weight is 359 g/mol. The van der Waals surface area contributed by atoms with Gasteiger partial charge in [0.1, 0.15) is 0 Å². The number of piperidine rings is 1. The Balaban J connectivity index is 0.00000264. The highest BCUT2D eigenvalue weighted by molar-refractivity contribution is 6.31. The molecule has 3 nitrogen and oxygen atoms in total. The molecule has 1 heterocycles. The lowest BCUT2D eigenvalue weighted by Gasteiger charge is -2.30. The molecule has 1 saturated heterocycles. The van der Waals surface area contributed by atoms with E-state index in [-0.39, 0.29) is 18.3 Å². The summed E-state index contributed by atoms with van der Waals surface area (Å²) >= 11 is 6.21. The minimum atomic E-state index is 0. The zero-order valence-electron chi connectivity index (χ0n) is 14.1. The van der Waals surface area contributed by atoms with Gasteiger partial charge in [-0.25, -0.2) is 0 Å². The van der Waals surface area contributed by atoms with Gasteiger partial charge in [0, 0.05) is 24.5 Å². The third-order valence-electron chi connectivity index (χ3n) is 4.74. The second-order valence-corrected chi connectivity index (χ2v) is 6.68. The number of hydrogen-bond acceptors (Lipinski definition) is 2. The predicted octanol–water partition coefficient (Wildman–Crippen LogP) is 4.14. The van der Waals surface area contributed by atoms with Gasteiger partial charge in [0.2, 0.25) is 5.91 Å². The van der Waals surface area contributed by atoms with Crippen LogP contribution in [-0.2, 0) is 11.3 Å². The minimum absolute atomic E-state index is 0. The highest BCUT2D eigenvalue weighted by atomic mass is 35.5. The number of carbonyl (C=O) groups is 1. The smallest absolute Gasteiger partial charge is 0.223 e. The fourth-order valence-electron chi connectivity index (χ4n) is 3.19. The summed E-state index contributed by atoms with van der Waals surface area (Å²) in [4.78, 5) is 14.5. The fraction of sp³-hybridized carbons (Fsp3) is 0.611. The second-order valence-electron chi connectivity index (χ2n) is 6.27. The van der Waals surface area contributed by atoms with E-state index in [2.05, 4.69) is 12.2 Å². The van der Waals surface area contributed by atoms with Gasteiger partial charge in [0.05, 0.1) is 0 Å². The standard InChI is InChI=1S/C18H27ClN2O.ClH/c1-3-21(13-16-6-4-5-7-17(16)19)18(22)12-14(2)15-8-10-20-11-9-15;/h4-7,14-15,20H,3,8-13H2,1-2H3;1H. The number of carbonyl (C=O) groups excluding carboxylic acids is 1. The van der Waals surface area contributed by atoms with Crippen molar-refractivity contribution in [1.29, 1.82) is 0 Å². The predicted molar refractivity (Wildman–Crippen MR) is 99.2 cm³/mol. The molecule has 5 heteroatoms. The summed E-state index contributed by atoms with van der Waals surface area (Å²) in [6, 6.07) is 7.77. The summed E-state index contributed by atoms with van der Waals surface area (Å²) in [5.74, 6) is 1.37. The second kappa shape index (κ2) is 10.2. The average Bonchev–Trinajstić information content (AvgIpc) is 2.54. The van der Waals surface area contributed by atoms with Gasteiger partial charge >= 0.3 is 0 Å². The highest BCUT2D eigenvalue weighted by Crippen LogP contribution is 2.25. The van der Waals surface area contributed by atoms with Gasteiger partial charge in [0.25, 0.3) is 0 Å². The zero-order valence-corrected chi connectivity index (χ0v) is 15.6. The number of amides is 1. The molecular formula is C18H28Cl2N2O. The lowest BCUT2D eigenvalue weighted by Crippen LogP contribution is -2.35. The molecule has 0 spiro atoms. The monoisotopic (exact) mass is 358 g/mol. The molecule has 1 fully saturated rings. The van der Waals surface area contributed by atoms with Crippen LogP contribution in [0.2, 0.25) is 5.02 Å². The Labute approximate surface area is 151 Å². The van der Waals surface area contributed by atoms with Gasteiger partial charge < -0.3 is 10.2 Å². The molecule has 0 bridgehead atoms. The summed E-state index contributed by atoms with van der Waals surface area (Å²) in [5.41, 5.74) is 1.02. The summed E-state index contributed by atoms with van der Waals surface area (Å²) in [5, 5.41) is 4.12. The number of hydrogen-bond donors (Lipinski definition) is 1. The van der Waals surface area contributed by atoms with Crippen molar-refractivity contribution in [2.24, 2.45) is 11.8 Å². The van der Waals surface area contributed by atoms with Crippen LogP contribution in [0.25, 0.3) is 0 Å². The Morgan fingerprint density at radius 2 is 2.00 bits per heavy atom. The van der Waals surface area contributed by atoms with Gasteiger partial charge in [-0.05, 0) is 56.3 Å². The topological polar surface area (TPSA) is 32.3 Å². The molecule has 1 aromatic rings. The quantitative estimate of drug-likeness (QED) is 0.828. The van der Waals surface area contributed by atoms with Crippen LogP contribution in [0.5, 0.6) is 0 Å². The van der Waals surface area contributed by atoms with Crippen LogP contribution in [0, 0.1) is 11.8 Å². The first-order valence-electron chi connectivity index (χ1n) is 8.33. The van der Waals surface area contributed by atoms with Gasteiger partial charge in [-0.15, -0.1) is 12.4 Å². The van der Waals surface area contributed by atoms with Crippen LogP contribution in [-0.4, -0.2) is 30.4 Å². The molecule has 1 atom stereocenters. The summed E-state index contributed by atoms with van der Waals surface area (Å²) < 4.78 is 0. The van der Waals surface area contributed by atoms with E-state index < -0.39 is 0 Å². The molecule has 0 aromatic heterocycles. The number of nitrogens with one attached hydrogen (secondary N) is 1. The molecule has 2 rings (SSSR count). The third-order valence-corrected chi connectivity index (χ3v) is 5.11.